The van der Waals surface area contributed by atoms with Crippen LogP contribution in [0.15, 0.2) is 77.7 Å². The van der Waals surface area contributed by atoms with Crippen molar-refractivity contribution in [2.45, 2.75) is 87.8 Å². The lowest BCUT2D eigenvalue weighted by Gasteiger charge is -2.40. The molecule has 1 aliphatic heterocycles. The monoisotopic (exact) mass is 528 g/mol. The highest BCUT2D eigenvalue weighted by molar-refractivity contribution is 7.80. The minimum atomic E-state index is -0.266. The second-order valence-corrected chi connectivity index (χ2v) is 11.9. The van der Waals surface area contributed by atoms with Crippen LogP contribution in [-0.2, 0) is 4.74 Å². The Morgan fingerprint density at radius 3 is 2.55 bits per heavy atom. The normalized spacial score (nSPS) is 29.4. The van der Waals surface area contributed by atoms with Gasteiger partial charge >= 0.3 is 0 Å². The van der Waals surface area contributed by atoms with Crippen molar-refractivity contribution in [1.82, 2.24) is 5.32 Å². The van der Waals surface area contributed by atoms with Gasteiger partial charge in [0.2, 0.25) is 0 Å². The van der Waals surface area contributed by atoms with Crippen LogP contribution in [0, 0.1) is 18.8 Å². The fourth-order valence-electron chi connectivity index (χ4n) is 6.62. The quantitative estimate of drug-likeness (QED) is 0.225. The third-order valence-corrected chi connectivity index (χ3v) is 9.21. The molecule has 0 amide bonds. The average Bonchev–Trinajstić information content (AvgIpc) is 3.11. The molecule has 1 heterocycles. The SMILES string of the molecule is Cc1ccc(NC2CC(OC3CCC4CCCCC4C3)C=CC(Oc3ccc4ccccc4c3)N2)cc1S. The van der Waals surface area contributed by atoms with Crippen molar-refractivity contribution >= 4 is 29.1 Å². The molecule has 2 fully saturated rings. The molecule has 0 spiro atoms. The molecule has 0 radical (unpaired) electrons. The van der Waals surface area contributed by atoms with E-state index in [-0.39, 0.29) is 18.5 Å². The largest absolute Gasteiger partial charge is 0.472 e. The number of rotatable bonds is 6. The Kier molecular flexibility index (Phi) is 7.96. The molecule has 6 atom stereocenters. The Hall–Kier alpha value is -2.47. The summed E-state index contributed by atoms with van der Waals surface area (Å²) in [6.07, 6.45) is 14.6. The van der Waals surface area contributed by atoms with Crippen LogP contribution in [0.5, 0.6) is 5.75 Å². The minimum absolute atomic E-state index is 0.0121. The zero-order valence-corrected chi connectivity index (χ0v) is 23.2. The zero-order chi connectivity index (χ0) is 25.9. The second-order valence-electron chi connectivity index (χ2n) is 11.4. The third-order valence-electron chi connectivity index (χ3n) is 8.73. The van der Waals surface area contributed by atoms with E-state index in [1.165, 1.54) is 61.3 Å². The average molecular weight is 529 g/mol. The van der Waals surface area contributed by atoms with Crippen LogP contribution in [0.25, 0.3) is 10.8 Å². The molecule has 6 unspecified atom stereocenters. The maximum atomic E-state index is 6.79. The second kappa shape index (κ2) is 11.7. The van der Waals surface area contributed by atoms with E-state index >= 15 is 0 Å². The fraction of sp³-hybridized carbons (Fsp3) is 0.455. The summed E-state index contributed by atoms with van der Waals surface area (Å²) in [6.45, 7) is 2.08. The molecule has 3 aromatic rings. The molecule has 6 rings (SSSR count). The molecule has 2 N–H and O–H groups in total. The van der Waals surface area contributed by atoms with Gasteiger partial charge in [0.1, 0.15) is 5.75 Å². The van der Waals surface area contributed by atoms with Gasteiger partial charge in [0, 0.05) is 17.0 Å². The Morgan fingerprint density at radius 2 is 1.68 bits per heavy atom. The first-order valence-electron chi connectivity index (χ1n) is 14.4. The van der Waals surface area contributed by atoms with Crippen LogP contribution >= 0.6 is 12.6 Å². The maximum Gasteiger partial charge on any atom is 0.171 e. The summed E-state index contributed by atoms with van der Waals surface area (Å²) in [6, 6.07) is 21.0. The van der Waals surface area contributed by atoms with Crippen LogP contribution in [0.3, 0.4) is 0 Å². The summed E-state index contributed by atoms with van der Waals surface area (Å²) in [7, 11) is 0. The molecule has 3 aliphatic rings. The van der Waals surface area contributed by atoms with Gasteiger partial charge in [-0.05, 0) is 84.7 Å². The van der Waals surface area contributed by atoms with Gasteiger partial charge in [-0.25, -0.2) is 0 Å². The zero-order valence-electron chi connectivity index (χ0n) is 22.3. The van der Waals surface area contributed by atoms with E-state index in [0.717, 1.165) is 34.6 Å². The van der Waals surface area contributed by atoms with Gasteiger partial charge in [-0.1, -0.05) is 68.2 Å². The minimum Gasteiger partial charge on any atom is -0.472 e. The van der Waals surface area contributed by atoms with Crippen molar-refractivity contribution in [1.29, 1.82) is 0 Å². The summed E-state index contributed by atoms with van der Waals surface area (Å²) >= 11 is 4.64. The standard InChI is InChI=1S/C33H40N2O2S/c1-22-10-13-27(20-31(22)38)34-32-21-30(36-28-14-11-23-6-2-4-8-25(23)18-28)16-17-33(35-32)37-29-15-12-24-7-3-5-9-26(24)19-29/h3,5,7,9-10,12-13,15-17,19-20,23,25,28,30,32-35,38H,2,4,6,8,11,14,18,21H2,1H3. The Balaban J connectivity index is 1.18. The Bertz CT molecular complexity index is 1280. The molecule has 0 aromatic heterocycles. The summed E-state index contributed by atoms with van der Waals surface area (Å²) in [5.74, 6) is 2.64. The lowest BCUT2D eigenvalue weighted by atomic mass is 9.70. The first kappa shape index (κ1) is 25.8. The van der Waals surface area contributed by atoms with Gasteiger partial charge in [-0.2, -0.15) is 0 Å². The molecule has 5 heteroatoms. The highest BCUT2D eigenvalue weighted by atomic mass is 32.1. The van der Waals surface area contributed by atoms with E-state index in [1.54, 1.807) is 0 Å². The number of fused-ring (bicyclic) bond motifs is 2. The predicted molar refractivity (Wildman–Crippen MR) is 159 cm³/mol. The highest BCUT2D eigenvalue weighted by Gasteiger charge is 2.34. The highest BCUT2D eigenvalue weighted by Crippen LogP contribution is 2.41. The van der Waals surface area contributed by atoms with E-state index in [2.05, 4.69) is 103 Å². The molecule has 0 bridgehead atoms. The predicted octanol–water partition coefficient (Wildman–Crippen LogP) is 7.87. The molecular formula is C33H40N2O2S. The van der Waals surface area contributed by atoms with Crippen LogP contribution < -0.4 is 15.4 Å². The van der Waals surface area contributed by atoms with E-state index in [4.69, 9.17) is 9.47 Å². The van der Waals surface area contributed by atoms with Crippen LogP contribution in [-0.4, -0.2) is 24.6 Å². The van der Waals surface area contributed by atoms with Gasteiger partial charge in [-0.3, -0.25) is 5.32 Å². The number of anilines is 1. The van der Waals surface area contributed by atoms with Crippen molar-refractivity contribution in [3.8, 4) is 5.75 Å². The summed E-state index contributed by atoms with van der Waals surface area (Å²) in [4.78, 5) is 0.989. The van der Waals surface area contributed by atoms with Gasteiger partial charge in [0.15, 0.2) is 6.23 Å². The number of benzene rings is 3. The molecule has 200 valence electrons. The Labute approximate surface area is 232 Å². The van der Waals surface area contributed by atoms with Gasteiger partial charge in [0.05, 0.1) is 18.4 Å². The van der Waals surface area contributed by atoms with E-state index in [0.29, 0.717) is 6.10 Å². The molecule has 38 heavy (non-hydrogen) atoms. The van der Waals surface area contributed by atoms with Crippen LogP contribution in [0.4, 0.5) is 5.69 Å². The molecule has 0 saturated heterocycles. The number of thiol groups is 1. The van der Waals surface area contributed by atoms with Gasteiger partial charge in [-0.15, -0.1) is 12.6 Å². The number of aryl methyl sites for hydroxylation is 1. The maximum absolute atomic E-state index is 6.79. The molecular weight excluding hydrogens is 488 g/mol. The lowest BCUT2D eigenvalue weighted by Crippen LogP contribution is -2.45. The lowest BCUT2D eigenvalue weighted by molar-refractivity contribution is -0.0430. The number of nitrogens with one attached hydrogen (secondary N) is 2. The Morgan fingerprint density at radius 1 is 0.842 bits per heavy atom. The van der Waals surface area contributed by atoms with Crippen LogP contribution in [0.2, 0.25) is 0 Å². The van der Waals surface area contributed by atoms with Crippen LogP contribution in [0.1, 0.15) is 56.9 Å². The molecule has 2 saturated carbocycles. The topological polar surface area (TPSA) is 42.5 Å². The van der Waals surface area contributed by atoms with Crippen molar-refractivity contribution in [2.75, 3.05) is 5.32 Å². The van der Waals surface area contributed by atoms with Crippen molar-refractivity contribution in [2.24, 2.45) is 11.8 Å². The fourth-order valence-corrected chi connectivity index (χ4v) is 6.83. The smallest absolute Gasteiger partial charge is 0.171 e. The van der Waals surface area contributed by atoms with Crippen molar-refractivity contribution in [3.05, 3.63) is 78.4 Å². The van der Waals surface area contributed by atoms with Gasteiger partial charge < -0.3 is 14.8 Å². The summed E-state index contributed by atoms with van der Waals surface area (Å²) in [5.41, 5.74) is 2.22. The van der Waals surface area contributed by atoms with Gasteiger partial charge in [0.25, 0.3) is 0 Å². The van der Waals surface area contributed by atoms with Crippen molar-refractivity contribution < 1.29 is 9.47 Å². The van der Waals surface area contributed by atoms with E-state index in [9.17, 15) is 0 Å². The van der Waals surface area contributed by atoms with E-state index < -0.39 is 0 Å². The first-order valence-corrected chi connectivity index (χ1v) is 14.9. The molecule has 2 aliphatic carbocycles. The number of hydrogen-bond acceptors (Lipinski definition) is 5. The molecule has 3 aromatic carbocycles. The third kappa shape index (κ3) is 6.22. The first-order chi connectivity index (χ1) is 18.6. The molecule has 4 nitrogen and oxygen atoms in total. The van der Waals surface area contributed by atoms with E-state index in [1.807, 2.05) is 0 Å². The number of ether oxygens (including phenoxy) is 2. The summed E-state index contributed by atoms with van der Waals surface area (Å²) < 4.78 is 13.2. The number of hydrogen-bond donors (Lipinski definition) is 3. The van der Waals surface area contributed by atoms with Crippen molar-refractivity contribution in [3.63, 3.8) is 0 Å². The summed E-state index contributed by atoms with van der Waals surface area (Å²) in [5, 5.41) is 9.76.